The number of likely N-dealkylation sites (tertiary alicyclic amines) is 1. The third-order valence-electron chi connectivity index (χ3n) is 4.84. The van der Waals surface area contributed by atoms with Crippen molar-refractivity contribution in [3.05, 3.63) is 42.2 Å². The van der Waals surface area contributed by atoms with Crippen LogP contribution in [0, 0.1) is 5.82 Å². The zero-order chi connectivity index (χ0) is 21.9. The van der Waals surface area contributed by atoms with Gasteiger partial charge in [0.15, 0.2) is 0 Å². The molecule has 1 fully saturated rings. The third-order valence-corrected chi connectivity index (χ3v) is 4.84. The first-order chi connectivity index (χ1) is 14.4. The molecule has 0 radical (unpaired) electrons. The Balaban J connectivity index is 1.57. The Bertz CT molecular complexity index is 725. The highest BCUT2D eigenvalue weighted by Gasteiger charge is 2.28. The van der Waals surface area contributed by atoms with Gasteiger partial charge in [0, 0.05) is 19.2 Å². The Hall–Kier alpha value is -2.61. The number of ether oxygens (including phenoxy) is 3. The van der Waals surface area contributed by atoms with Crippen molar-refractivity contribution in [3.8, 4) is 5.75 Å². The second-order valence-corrected chi connectivity index (χ2v) is 7.35. The molecule has 2 rings (SSSR count). The van der Waals surface area contributed by atoms with Crippen LogP contribution >= 0.6 is 0 Å². The van der Waals surface area contributed by atoms with E-state index in [4.69, 9.17) is 14.2 Å². The Labute approximate surface area is 177 Å². The van der Waals surface area contributed by atoms with Gasteiger partial charge in [0.05, 0.1) is 19.3 Å². The lowest BCUT2D eigenvalue weighted by molar-refractivity contribution is -0.127. The van der Waals surface area contributed by atoms with Gasteiger partial charge in [-0.25, -0.2) is 9.18 Å². The maximum atomic E-state index is 13.4. The molecular weight excluding hydrogens is 391 g/mol. The van der Waals surface area contributed by atoms with Crippen LogP contribution in [-0.4, -0.2) is 62.5 Å². The first-order valence-corrected chi connectivity index (χ1v) is 10.3. The highest BCUT2D eigenvalue weighted by molar-refractivity contribution is 5.87. The van der Waals surface area contributed by atoms with Crippen LogP contribution in [0.3, 0.4) is 0 Å². The van der Waals surface area contributed by atoms with E-state index in [-0.39, 0.29) is 43.4 Å². The third kappa shape index (κ3) is 7.33. The molecule has 0 spiro atoms. The molecule has 0 aromatic heterocycles. The van der Waals surface area contributed by atoms with Crippen LogP contribution in [0.4, 0.5) is 9.18 Å². The summed E-state index contributed by atoms with van der Waals surface area (Å²) in [5.74, 6) is 0.262. The van der Waals surface area contributed by atoms with Crippen LogP contribution < -0.4 is 10.1 Å². The van der Waals surface area contributed by atoms with Gasteiger partial charge in [0.25, 0.3) is 0 Å². The number of benzene rings is 1. The zero-order valence-corrected chi connectivity index (χ0v) is 17.7. The minimum atomic E-state index is -0.547. The van der Waals surface area contributed by atoms with E-state index in [9.17, 15) is 14.0 Å². The Morgan fingerprint density at radius 1 is 1.33 bits per heavy atom. The molecule has 166 valence electrons. The number of rotatable bonds is 11. The Kier molecular flexibility index (Phi) is 9.60. The first kappa shape index (κ1) is 23.7. The van der Waals surface area contributed by atoms with Crippen molar-refractivity contribution < 1.29 is 28.2 Å². The van der Waals surface area contributed by atoms with Crippen molar-refractivity contribution in [2.45, 2.75) is 38.6 Å². The highest BCUT2D eigenvalue weighted by Crippen LogP contribution is 2.27. The molecule has 0 bridgehead atoms. The summed E-state index contributed by atoms with van der Waals surface area (Å²) in [7, 11) is 0. The van der Waals surface area contributed by atoms with Gasteiger partial charge >= 0.3 is 6.09 Å². The van der Waals surface area contributed by atoms with Crippen LogP contribution in [-0.2, 0) is 14.3 Å². The second kappa shape index (κ2) is 12.2. The SMILES string of the molecule is C=CC(=O)N1CCCC1COC(=O)NCCOCCOc1cc(F)ccc1C(C)C. The number of amides is 2. The quantitative estimate of drug-likeness (QED) is 0.438. The average molecular weight is 422 g/mol. The lowest BCUT2D eigenvalue weighted by Crippen LogP contribution is -2.39. The summed E-state index contributed by atoms with van der Waals surface area (Å²) in [5.41, 5.74) is 0.941. The molecule has 0 aliphatic carbocycles. The van der Waals surface area contributed by atoms with Gasteiger partial charge in [-0.05, 0) is 36.5 Å². The van der Waals surface area contributed by atoms with Gasteiger partial charge in [-0.1, -0.05) is 26.5 Å². The summed E-state index contributed by atoms with van der Waals surface area (Å²) in [4.78, 5) is 25.2. The minimum absolute atomic E-state index is 0.104. The maximum Gasteiger partial charge on any atom is 0.407 e. The molecule has 1 aromatic carbocycles. The van der Waals surface area contributed by atoms with E-state index < -0.39 is 6.09 Å². The molecule has 1 atom stereocenters. The van der Waals surface area contributed by atoms with E-state index in [1.165, 1.54) is 18.2 Å². The van der Waals surface area contributed by atoms with Crippen LogP contribution in [0.15, 0.2) is 30.9 Å². The van der Waals surface area contributed by atoms with E-state index in [0.717, 1.165) is 18.4 Å². The van der Waals surface area contributed by atoms with E-state index in [1.54, 1.807) is 11.0 Å². The van der Waals surface area contributed by atoms with Crippen molar-refractivity contribution in [1.29, 1.82) is 0 Å². The predicted octanol–water partition coefficient (Wildman–Crippen LogP) is 3.25. The summed E-state index contributed by atoms with van der Waals surface area (Å²) >= 11 is 0. The zero-order valence-electron chi connectivity index (χ0n) is 17.7. The smallest absolute Gasteiger partial charge is 0.407 e. The fourth-order valence-corrected chi connectivity index (χ4v) is 3.29. The monoisotopic (exact) mass is 422 g/mol. The highest BCUT2D eigenvalue weighted by atomic mass is 19.1. The molecule has 1 aliphatic heterocycles. The van der Waals surface area contributed by atoms with Crippen LogP contribution in [0.1, 0.15) is 38.2 Å². The van der Waals surface area contributed by atoms with Crippen molar-refractivity contribution in [2.75, 3.05) is 39.5 Å². The maximum absolute atomic E-state index is 13.4. The molecule has 1 aliphatic rings. The number of carbonyl (C=O) groups is 2. The molecule has 2 amide bonds. The van der Waals surface area contributed by atoms with Gasteiger partial charge in [-0.3, -0.25) is 4.79 Å². The van der Waals surface area contributed by atoms with E-state index in [0.29, 0.717) is 25.5 Å². The molecule has 1 unspecified atom stereocenters. The molecule has 1 N–H and O–H groups in total. The average Bonchev–Trinajstić information content (AvgIpc) is 3.19. The fraction of sp³-hybridized carbons (Fsp3) is 0.545. The number of carbonyl (C=O) groups excluding carboxylic acids is 2. The van der Waals surface area contributed by atoms with Crippen LogP contribution in [0.5, 0.6) is 5.75 Å². The number of nitrogens with zero attached hydrogens (tertiary/aromatic N) is 1. The standard InChI is InChI=1S/C22H31FN2O5/c1-4-21(26)25-10-5-6-18(25)15-30-22(27)24-9-11-28-12-13-29-20-14-17(23)7-8-19(20)16(2)3/h4,7-8,14,16,18H,1,5-6,9-13,15H2,2-3H3,(H,24,27). The van der Waals surface area contributed by atoms with Gasteiger partial charge in [-0.15, -0.1) is 0 Å². The second-order valence-electron chi connectivity index (χ2n) is 7.35. The summed E-state index contributed by atoms with van der Waals surface area (Å²) in [5, 5.41) is 2.60. The van der Waals surface area contributed by atoms with Gasteiger partial charge in [0.2, 0.25) is 5.91 Å². The minimum Gasteiger partial charge on any atom is -0.491 e. The van der Waals surface area contributed by atoms with Crippen molar-refractivity contribution in [3.63, 3.8) is 0 Å². The molecule has 1 heterocycles. The summed E-state index contributed by atoms with van der Waals surface area (Å²) < 4.78 is 29.7. The van der Waals surface area contributed by atoms with Crippen molar-refractivity contribution in [2.24, 2.45) is 0 Å². The Morgan fingerprint density at radius 3 is 2.87 bits per heavy atom. The summed E-state index contributed by atoms with van der Waals surface area (Å²) in [6.07, 6.45) is 2.42. The molecule has 7 nitrogen and oxygen atoms in total. The van der Waals surface area contributed by atoms with E-state index in [2.05, 4.69) is 11.9 Å². The lowest BCUT2D eigenvalue weighted by Gasteiger charge is -2.23. The lowest BCUT2D eigenvalue weighted by atomic mass is 10.0. The molecule has 30 heavy (non-hydrogen) atoms. The number of alkyl carbamates (subject to hydrolysis) is 1. The molecular formula is C22H31FN2O5. The van der Waals surface area contributed by atoms with Gasteiger partial charge in [-0.2, -0.15) is 0 Å². The largest absolute Gasteiger partial charge is 0.491 e. The van der Waals surface area contributed by atoms with Crippen LogP contribution in [0.2, 0.25) is 0 Å². The number of nitrogens with one attached hydrogen (secondary N) is 1. The number of hydrogen-bond donors (Lipinski definition) is 1. The first-order valence-electron chi connectivity index (χ1n) is 10.3. The summed E-state index contributed by atoms with van der Waals surface area (Å²) in [6, 6.07) is 4.42. The molecule has 0 saturated carbocycles. The van der Waals surface area contributed by atoms with E-state index >= 15 is 0 Å². The van der Waals surface area contributed by atoms with Crippen molar-refractivity contribution >= 4 is 12.0 Å². The number of halogens is 1. The van der Waals surface area contributed by atoms with E-state index in [1.807, 2.05) is 13.8 Å². The Morgan fingerprint density at radius 2 is 2.13 bits per heavy atom. The van der Waals surface area contributed by atoms with Crippen LogP contribution in [0.25, 0.3) is 0 Å². The molecule has 1 saturated heterocycles. The topological polar surface area (TPSA) is 77.1 Å². The van der Waals surface area contributed by atoms with Gasteiger partial charge in [0.1, 0.15) is 24.8 Å². The molecule has 1 aromatic rings. The number of hydrogen-bond acceptors (Lipinski definition) is 5. The predicted molar refractivity (Wildman–Crippen MR) is 111 cm³/mol. The fourth-order valence-electron chi connectivity index (χ4n) is 3.29. The normalized spacial score (nSPS) is 15.9. The molecule has 8 heteroatoms. The van der Waals surface area contributed by atoms with Gasteiger partial charge < -0.3 is 24.4 Å². The van der Waals surface area contributed by atoms with Crippen molar-refractivity contribution in [1.82, 2.24) is 10.2 Å². The summed E-state index contributed by atoms with van der Waals surface area (Å²) in [6.45, 7) is 9.51.